The van der Waals surface area contributed by atoms with Crippen molar-refractivity contribution in [3.63, 3.8) is 0 Å². The average molecular weight is 373 g/mol. The van der Waals surface area contributed by atoms with Gasteiger partial charge in [-0.1, -0.05) is 11.6 Å². The third-order valence-electron chi connectivity index (χ3n) is 4.17. The molecule has 0 spiro atoms. The minimum absolute atomic E-state index is 0.542. The van der Waals surface area contributed by atoms with Crippen LogP contribution < -0.4 is 9.47 Å². The number of rotatable bonds is 7. The first-order valence-corrected chi connectivity index (χ1v) is 8.89. The maximum Gasteiger partial charge on any atom is 0.249 e. The molecule has 0 unspecified atom stereocenters. The molecule has 3 aromatic rings. The smallest absolute Gasteiger partial charge is 0.249 e. The summed E-state index contributed by atoms with van der Waals surface area (Å²) in [5.74, 6) is 0.542. The van der Waals surface area contributed by atoms with Crippen molar-refractivity contribution in [2.45, 2.75) is 13.5 Å². The Labute approximate surface area is 158 Å². The molecule has 3 rings (SSSR count). The van der Waals surface area contributed by atoms with Gasteiger partial charge in [0.05, 0.1) is 18.6 Å². The van der Waals surface area contributed by atoms with E-state index >= 15 is 0 Å². The van der Waals surface area contributed by atoms with E-state index in [9.17, 15) is 0 Å². The van der Waals surface area contributed by atoms with Gasteiger partial charge in [-0.2, -0.15) is 0 Å². The number of likely N-dealkylation sites (N-methyl/N-ethyl adjacent to an activating group) is 1. The topological polar surface area (TPSA) is 54.6 Å². The molecule has 0 aliphatic heterocycles. The Balaban J connectivity index is 1.70. The Morgan fingerprint density at radius 3 is 2.73 bits per heavy atom. The second-order valence-corrected chi connectivity index (χ2v) is 6.48. The fraction of sp³-hybridized carbons (Fsp3) is 0.333. The minimum Gasteiger partial charge on any atom is -0.368 e. The first kappa shape index (κ1) is 18.1. The number of halogens is 1. The van der Waals surface area contributed by atoms with Crippen LogP contribution in [0.25, 0.3) is 0 Å². The summed E-state index contributed by atoms with van der Waals surface area (Å²) in [6.07, 6.45) is 9.68. The summed E-state index contributed by atoms with van der Waals surface area (Å²) < 4.78 is 6.00. The molecule has 136 valence electrons. The molecule has 0 atom stereocenters. The number of hydrogen-bond donors (Lipinski definition) is 0. The summed E-state index contributed by atoms with van der Waals surface area (Å²) in [6, 6.07) is 5.85. The number of nitrogens with zero attached hydrogens (tertiary/aromatic N) is 7. The SMILES string of the molecule is CCN(CCn1cc[n+](C)c1)c1ccc(/N=N/c2nccn2C)c(Cl)c1. The number of anilines is 1. The quantitative estimate of drug-likeness (QED) is 0.469. The summed E-state index contributed by atoms with van der Waals surface area (Å²) in [4.78, 5) is 6.40. The van der Waals surface area contributed by atoms with Crippen LogP contribution in [-0.4, -0.2) is 27.2 Å². The molecule has 0 amide bonds. The van der Waals surface area contributed by atoms with Gasteiger partial charge >= 0.3 is 0 Å². The van der Waals surface area contributed by atoms with Crippen LogP contribution in [0.2, 0.25) is 5.02 Å². The second kappa shape index (κ2) is 8.14. The van der Waals surface area contributed by atoms with E-state index in [1.54, 1.807) is 10.8 Å². The minimum atomic E-state index is 0.542. The molecule has 7 nitrogen and oxygen atoms in total. The van der Waals surface area contributed by atoms with Crippen molar-refractivity contribution in [3.8, 4) is 0 Å². The van der Waals surface area contributed by atoms with Gasteiger partial charge < -0.3 is 9.47 Å². The lowest BCUT2D eigenvalue weighted by molar-refractivity contribution is -0.671. The van der Waals surface area contributed by atoms with Crippen LogP contribution in [0.5, 0.6) is 0 Å². The van der Waals surface area contributed by atoms with Gasteiger partial charge in [0.2, 0.25) is 12.3 Å². The highest BCUT2D eigenvalue weighted by atomic mass is 35.5. The van der Waals surface area contributed by atoms with Crippen molar-refractivity contribution in [1.82, 2.24) is 14.1 Å². The summed E-state index contributed by atoms with van der Waals surface area (Å²) in [5, 5.41) is 8.93. The largest absolute Gasteiger partial charge is 0.368 e. The highest BCUT2D eigenvalue weighted by Gasteiger charge is 2.10. The zero-order valence-corrected chi connectivity index (χ0v) is 16.0. The third-order valence-corrected chi connectivity index (χ3v) is 4.48. The molecule has 0 saturated carbocycles. The maximum absolute atomic E-state index is 6.41. The molecule has 0 bridgehead atoms. The molecule has 8 heteroatoms. The van der Waals surface area contributed by atoms with E-state index in [1.807, 2.05) is 49.3 Å². The van der Waals surface area contributed by atoms with Crippen LogP contribution in [0.3, 0.4) is 0 Å². The Morgan fingerprint density at radius 1 is 1.27 bits per heavy atom. The number of aryl methyl sites for hydroxylation is 2. The lowest BCUT2D eigenvalue weighted by Crippen LogP contribution is -2.28. The highest BCUT2D eigenvalue weighted by molar-refractivity contribution is 6.33. The molecular weight excluding hydrogens is 350 g/mol. The zero-order chi connectivity index (χ0) is 18.5. The van der Waals surface area contributed by atoms with E-state index in [4.69, 9.17) is 11.6 Å². The molecule has 26 heavy (non-hydrogen) atoms. The van der Waals surface area contributed by atoms with Crippen molar-refractivity contribution in [2.75, 3.05) is 18.0 Å². The molecule has 0 aliphatic rings. The van der Waals surface area contributed by atoms with E-state index in [-0.39, 0.29) is 0 Å². The van der Waals surface area contributed by atoms with Crippen molar-refractivity contribution >= 4 is 28.9 Å². The molecule has 1 aromatic carbocycles. The van der Waals surface area contributed by atoms with Crippen molar-refractivity contribution in [3.05, 3.63) is 54.3 Å². The standard InChI is InChI=1S/C18H23ClN7/c1-4-26(12-11-25-10-9-23(2)14-25)15-5-6-17(16(19)13-15)21-22-18-20-7-8-24(18)3/h5-10,13-14H,4,11-12H2,1-3H3/q+1/b22-21+. The zero-order valence-electron chi connectivity index (χ0n) is 15.2. The van der Waals surface area contributed by atoms with Gasteiger partial charge in [-0.05, 0) is 25.1 Å². The number of hydrogen-bond acceptors (Lipinski definition) is 4. The third kappa shape index (κ3) is 4.29. The summed E-state index contributed by atoms with van der Waals surface area (Å²) in [6.45, 7) is 4.85. The highest BCUT2D eigenvalue weighted by Crippen LogP contribution is 2.30. The second-order valence-electron chi connectivity index (χ2n) is 6.07. The number of imidazole rings is 2. The van der Waals surface area contributed by atoms with Gasteiger partial charge in [0.15, 0.2) is 0 Å². The molecule has 0 fully saturated rings. The molecule has 2 heterocycles. The Hall–Kier alpha value is -2.67. The summed E-state index contributed by atoms with van der Waals surface area (Å²) in [7, 11) is 3.89. The molecule has 0 radical (unpaired) electrons. The van der Waals surface area contributed by atoms with Crippen molar-refractivity contribution in [2.24, 2.45) is 24.3 Å². The van der Waals surface area contributed by atoms with Crippen LogP contribution in [-0.2, 0) is 20.6 Å². The normalized spacial score (nSPS) is 11.4. The molecule has 0 saturated heterocycles. The van der Waals surface area contributed by atoms with E-state index in [0.29, 0.717) is 16.7 Å². The molecular formula is C18H23ClN7+. The first-order valence-electron chi connectivity index (χ1n) is 8.51. The Kier molecular flexibility index (Phi) is 5.68. The van der Waals surface area contributed by atoms with E-state index in [1.165, 1.54) is 0 Å². The molecule has 0 N–H and O–H groups in total. The van der Waals surface area contributed by atoms with Crippen LogP contribution in [0, 0.1) is 0 Å². The Bertz CT molecular complexity index is 897. The lowest BCUT2D eigenvalue weighted by atomic mass is 10.2. The van der Waals surface area contributed by atoms with Gasteiger partial charge in [-0.3, -0.25) is 0 Å². The summed E-state index contributed by atoms with van der Waals surface area (Å²) >= 11 is 6.41. The van der Waals surface area contributed by atoms with Crippen LogP contribution in [0.1, 0.15) is 6.92 Å². The van der Waals surface area contributed by atoms with E-state index in [0.717, 1.165) is 25.3 Å². The predicted molar refractivity (Wildman–Crippen MR) is 102 cm³/mol. The lowest BCUT2D eigenvalue weighted by Gasteiger charge is -2.22. The predicted octanol–water partition coefficient (Wildman–Crippen LogP) is 3.64. The number of azo groups is 1. The van der Waals surface area contributed by atoms with E-state index in [2.05, 4.69) is 44.1 Å². The Morgan fingerprint density at radius 2 is 2.12 bits per heavy atom. The van der Waals surface area contributed by atoms with E-state index < -0.39 is 0 Å². The monoisotopic (exact) mass is 372 g/mol. The molecule has 2 aromatic heterocycles. The van der Waals surface area contributed by atoms with Gasteiger partial charge in [0.1, 0.15) is 24.6 Å². The van der Waals surface area contributed by atoms with Crippen molar-refractivity contribution in [1.29, 1.82) is 0 Å². The van der Waals surface area contributed by atoms with Gasteiger partial charge in [0, 0.05) is 31.7 Å². The fourth-order valence-electron chi connectivity index (χ4n) is 2.67. The number of aromatic nitrogens is 4. The van der Waals surface area contributed by atoms with Crippen LogP contribution >= 0.6 is 11.6 Å². The van der Waals surface area contributed by atoms with Gasteiger partial charge in [-0.25, -0.2) is 14.1 Å². The van der Waals surface area contributed by atoms with Crippen LogP contribution in [0.15, 0.2) is 59.5 Å². The van der Waals surface area contributed by atoms with Crippen LogP contribution in [0.4, 0.5) is 17.3 Å². The summed E-state index contributed by atoms with van der Waals surface area (Å²) in [5.41, 5.74) is 1.71. The van der Waals surface area contributed by atoms with Gasteiger partial charge in [0.25, 0.3) is 0 Å². The molecule has 0 aliphatic carbocycles. The van der Waals surface area contributed by atoms with Crippen molar-refractivity contribution < 1.29 is 4.57 Å². The first-order chi connectivity index (χ1) is 12.6. The van der Waals surface area contributed by atoms with Gasteiger partial charge in [-0.15, -0.1) is 10.2 Å². The maximum atomic E-state index is 6.41. The fourth-order valence-corrected chi connectivity index (χ4v) is 2.88. The number of benzene rings is 1. The average Bonchev–Trinajstić information content (AvgIpc) is 3.23.